The Kier molecular flexibility index (Phi) is 7.50. The fraction of sp³-hybridized carbons (Fsp3) is 0.127. The maximum Gasteiger partial charge on any atom is 0.160 e. The van der Waals surface area contributed by atoms with Crippen LogP contribution in [0, 0.1) is 0 Å². The van der Waals surface area contributed by atoms with E-state index in [1.54, 1.807) is 0 Å². The van der Waals surface area contributed by atoms with E-state index in [0.29, 0.717) is 0 Å². The van der Waals surface area contributed by atoms with Crippen LogP contribution in [0.5, 0.6) is 0 Å². The van der Waals surface area contributed by atoms with Crippen molar-refractivity contribution in [3.05, 3.63) is 232 Å². The molecule has 3 aliphatic rings. The van der Waals surface area contributed by atoms with Crippen LogP contribution in [-0.2, 0) is 10.8 Å². The second-order valence-electron chi connectivity index (χ2n) is 16.4. The fourth-order valence-corrected chi connectivity index (χ4v) is 10.4. The SMILES string of the molecule is C/C1=C(/c2ccc3c(c2)C(C)(C)c2ccccc2C32c3ccccc3-c3ccccc32)N=C(c2cccc3ccccc23)N=C(c2cccc3ccccc23)CC1. The molecular weight excluding hydrogens is 689 g/mol. The molecule has 0 bridgehead atoms. The summed E-state index contributed by atoms with van der Waals surface area (Å²) in [6, 6.07) is 64.8. The molecular formula is C55H42N2. The van der Waals surface area contributed by atoms with Crippen LogP contribution >= 0.6 is 0 Å². The summed E-state index contributed by atoms with van der Waals surface area (Å²) in [5.74, 6) is 0.751. The predicted molar refractivity (Wildman–Crippen MR) is 239 cm³/mol. The summed E-state index contributed by atoms with van der Waals surface area (Å²) in [5.41, 5.74) is 16.8. The van der Waals surface area contributed by atoms with E-state index in [1.165, 1.54) is 71.8 Å². The molecule has 272 valence electrons. The van der Waals surface area contributed by atoms with Gasteiger partial charge in [0.05, 0.1) is 16.8 Å². The largest absolute Gasteiger partial charge is 0.232 e. The van der Waals surface area contributed by atoms with Crippen LogP contribution in [0.25, 0.3) is 38.4 Å². The normalized spacial score (nSPS) is 17.5. The minimum atomic E-state index is -0.424. The van der Waals surface area contributed by atoms with Crippen molar-refractivity contribution in [2.45, 2.75) is 44.4 Å². The number of hydrogen-bond donors (Lipinski definition) is 0. The Morgan fingerprint density at radius 1 is 0.421 bits per heavy atom. The van der Waals surface area contributed by atoms with Crippen molar-refractivity contribution in [3.8, 4) is 11.1 Å². The molecule has 1 aliphatic heterocycles. The molecule has 2 aliphatic carbocycles. The van der Waals surface area contributed by atoms with E-state index >= 15 is 0 Å². The lowest BCUT2D eigenvalue weighted by atomic mass is 9.55. The van der Waals surface area contributed by atoms with Crippen molar-refractivity contribution < 1.29 is 0 Å². The van der Waals surface area contributed by atoms with E-state index in [0.717, 1.165) is 46.6 Å². The predicted octanol–water partition coefficient (Wildman–Crippen LogP) is 13.5. The highest BCUT2D eigenvalue weighted by molar-refractivity contribution is 6.21. The Balaban J connectivity index is 1.16. The summed E-state index contributed by atoms with van der Waals surface area (Å²) in [7, 11) is 0. The highest BCUT2D eigenvalue weighted by Gasteiger charge is 2.53. The van der Waals surface area contributed by atoms with Crippen LogP contribution in [0.1, 0.15) is 83.7 Å². The van der Waals surface area contributed by atoms with Gasteiger partial charge in [-0.2, -0.15) is 0 Å². The highest BCUT2D eigenvalue weighted by Crippen LogP contribution is 2.62. The van der Waals surface area contributed by atoms with Crippen molar-refractivity contribution in [1.29, 1.82) is 0 Å². The lowest BCUT2D eigenvalue weighted by Gasteiger charge is -2.46. The number of rotatable bonds is 3. The van der Waals surface area contributed by atoms with Gasteiger partial charge in [-0.05, 0) is 97.5 Å². The highest BCUT2D eigenvalue weighted by atomic mass is 14.9. The van der Waals surface area contributed by atoms with Gasteiger partial charge in [0.1, 0.15) is 0 Å². The first-order chi connectivity index (χ1) is 27.9. The Hall–Kier alpha value is -6.64. The van der Waals surface area contributed by atoms with E-state index in [9.17, 15) is 0 Å². The standard InChI is InChI=1S/C55H42N2/c1-35-30-33-51(43-24-14-18-36-16-4-6-20-39(36)43)56-53(44-25-15-19-37-17-5-7-21-40(37)44)57-52(35)38-31-32-49-50(34-38)54(2,3)47-28-12-13-29-48(47)55(49)45-26-10-8-22-41(45)42-23-9-11-27-46(42)55/h4-29,31-32,34H,30,33H2,1-3H3/b52-35+,56-51?,57-53?. The molecule has 57 heavy (non-hydrogen) atoms. The summed E-state index contributed by atoms with van der Waals surface area (Å²) in [6.07, 6.45) is 1.67. The molecule has 0 saturated carbocycles. The first kappa shape index (κ1) is 33.7. The molecule has 0 N–H and O–H groups in total. The number of fused-ring (bicyclic) bond motifs is 11. The monoisotopic (exact) mass is 730 g/mol. The zero-order valence-corrected chi connectivity index (χ0v) is 32.6. The summed E-state index contributed by atoms with van der Waals surface area (Å²) < 4.78 is 0. The summed E-state index contributed by atoms with van der Waals surface area (Å²) in [6.45, 7) is 7.08. The van der Waals surface area contributed by atoms with Crippen LogP contribution < -0.4 is 0 Å². The number of hydrogen-bond acceptors (Lipinski definition) is 2. The molecule has 1 spiro atoms. The zero-order chi connectivity index (χ0) is 38.3. The average molecular weight is 731 g/mol. The second kappa shape index (κ2) is 12.7. The number of benzene rings is 8. The Morgan fingerprint density at radius 2 is 0.930 bits per heavy atom. The van der Waals surface area contributed by atoms with E-state index < -0.39 is 5.41 Å². The maximum atomic E-state index is 5.67. The third-order valence-electron chi connectivity index (χ3n) is 13.1. The van der Waals surface area contributed by atoms with Crippen molar-refractivity contribution in [3.63, 3.8) is 0 Å². The first-order valence-electron chi connectivity index (χ1n) is 20.2. The van der Waals surface area contributed by atoms with E-state index in [4.69, 9.17) is 9.98 Å². The molecule has 0 radical (unpaired) electrons. The van der Waals surface area contributed by atoms with Gasteiger partial charge in [-0.15, -0.1) is 0 Å². The molecule has 0 amide bonds. The molecule has 8 aromatic rings. The molecule has 2 nitrogen and oxygen atoms in total. The van der Waals surface area contributed by atoms with Gasteiger partial charge in [0.25, 0.3) is 0 Å². The number of amidine groups is 1. The van der Waals surface area contributed by atoms with Gasteiger partial charge >= 0.3 is 0 Å². The van der Waals surface area contributed by atoms with Crippen molar-refractivity contribution in [1.82, 2.24) is 0 Å². The van der Waals surface area contributed by atoms with Gasteiger partial charge in [0.2, 0.25) is 0 Å². The smallest absolute Gasteiger partial charge is 0.160 e. The van der Waals surface area contributed by atoms with Crippen LogP contribution in [0.2, 0.25) is 0 Å². The fourth-order valence-electron chi connectivity index (χ4n) is 10.4. The van der Waals surface area contributed by atoms with Gasteiger partial charge in [0.15, 0.2) is 5.84 Å². The van der Waals surface area contributed by atoms with Crippen LogP contribution in [0.4, 0.5) is 0 Å². The van der Waals surface area contributed by atoms with Gasteiger partial charge < -0.3 is 0 Å². The van der Waals surface area contributed by atoms with Crippen molar-refractivity contribution in [2.24, 2.45) is 9.98 Å². The van der Waals surface area contributed by atoms with E-state index in [-0.39, 0.29) is 5.41 Å². The summed E-state index contributed by atoms with van der Waals surface area (Å²) >= 11 is 0. The summed E-state index contributed by atoms with van der Waals surface area (Å²) in [4.78, 5) is 11.2. The van der Waals surface area contributed by atoms with Crippen LogP contribution in [-0.4, -0.2) is 11.5 Å². The molecule has 8 aromatic carbocycles. The van der Waals surface area contributed by atoms with E-state index in [1.807, 2.05) is 0 Å². The Morgan fingerprint density at radius 3 is 1.61 bits per heavy atom. The first-order valence-corrected chi connectivity index (χ1v) is 20.2. The number of aliphatic imine (C=N–C) groups is 2. The Labute approximate surface area is 334 Å². The number of nitrogens with zero attached hydrogens (tertiary/aromatic N) is 2. The molecule has 2 heteroatoms. The molecule has 1 heterocycles. The van der Waals surface area contributed by atoms with Gasteiger partial charge in [-0.3, -0.25) is 0 Å². The minimum Gasteiger partial charge on any atom is -0.232 e. The zero-order valence-electron chi connectivity index (χ0n) is 32.6. The van der Waals surface area contributed by atoms with Crippen molar-refractivity contribution in [2.75, 3.05) is 0 Å². The van der Waals surface area contributed by atoms with Gasteiger partial charge in [-0.1, -0.05) is 184 Å². The average Bonchev–Trinajstić information content (AvgIpc) is 3.55. The second-order valence-corrected chi connectivity index (χ2v) is 16.4. The number of allylic oxidation sites excluding steroid dienone is 1. The lowest BCUT2D eigenvalue weighted by Crippen LogP contribution is -2.40. The van der Waals surface area contributed by atoms with Crippen molar-refractivity contribution >= 4 is 38.8 Å². The molecule has 0 atom stereocenters. The topological polar surface area (TPSA) is 24.7 Å². The summed E-state index contributed by atoms with van der Waals surface area (Å²) in [5, 5.41) is 4.78. The quantitative estimate of drug-likeness (QED) is 0.173. The van der Waals surface area contributed by atoms with Gasteiger partial charge in [0, 0.05) is 22.1 Å². The third kappa shape index (κ3) is 4.90. The van der Waals surface area contributed by atoms with Gasteiger partial charge in [-0.25, -0.2) is 9.98 Å². The Bertz CT molecular complexity index is 3010. The molecule has 11 rings (SSSR count). The molecule has 0 unspecified atom stereocenters. The molecule has 0 aromatic heterocycles. The molecule has 0 saturated heterocycles. The minimum absolute atomic E-state index is 0.252. The maximum absolute atomic E-state index is 5.67. The lowest BCUT2D eigenvalue weighted by molar-refractivity contribution is 0.563. The molecule has 0 fully saturated rings. The van der Waals surface area contributed by atoms with Crippen LogP contribution in [0.3, 0.4) is 0 Å². The van der Waals surface area contributed by atoms with Crippen LogP contribution in [0.15, 0.2) is 191 Å². The van der Waals surface area contributed by atoms with E-state index in [2.05, 4.69) is 197 Å². The third-order valence-corrected chi connectivity index (χ3v) is 13.1.